The minimum Gasteiger partial charge on any atom is -0.435 e. The molecule has 0 amide bonds. The van der Waals surface area contributed by atoms with Crippen LogP contribution in [0.2, 0.25) is 0 Å². The first-order valence-corrected chi connectivity index (χ1v) is 13.5. The van der Waals surface area contributed by atoms with Gasteiger partial charge in [0.05, 0.1) is 5.52 Å². The minimum atomic E-state index is -2.77. The molecule has 1 aromatic heterocycles. The number of ether oxygens (including phenoxy) is 1. The molecule has 0 saturated heterocycles. The van der Waals surface area contributed by atoms with Crippen molar-refractivity contribution in [3.63, 3.8) is 0 Å². The predicted molar refractivity (Wildman–Crippen MR) is 143 cm³/mol. The van der Waals surface area contributed by atoms with Gasteiger partial charge < -0.3 is 9.64 Å². The molecular weight excluding hydrogens is 456 g/mol. The molecule has 4 nitrogen and oxygen atoms in total. The molecule has 194 valence electrons. The molecule has 1 fully saturated rings. The summed E-state index contributed by atoms with van der Waals surface area (Å²) in [5.41, 5.74) is 1.91. The Labute approximate surface area is 214 Å². The third-order valence-corrected chi connectivity index (χ3v) is 7.53. The summed E-state index contributed by atoms with van der Waals surface area (Å²) in [6.07, 6.45) is 12.8. The Morgan fingerprint density at radius 2 is 1.50 bits per heavy atom. The van der Waals surface area contributed by atoms with E-state index in [1.165, 1.54) is 38.5 Å². The number of hydrogen-bond donors (Lipinski definition) is 0. The highest BCUT2D eigenvalue weighted by molar-refractivity contribution is 5.89. The highest BCUT2D eigenvalue weighted by atomic mass is 19.3. The van der Waals surface area contributed by atoms with Crippen molar-refractivity contribution < 1.29 is 13.5 Å². The van der Waals surface area contributed by atoms with E-state index in [0.29, 0.717) is 5.75 Å². The summed E-state index contributed by atoms with van der Waals surface area (Å²) in [5.74, 6) is 3.89. The van der Waals surface area contributed by atoms with Crippen molar-refractivity contribution in [2.75, 3.05) is 19.0 Å². The number of benzene rings is 2. The maximum Gasteiger partial charge on any atom is 0.387 e. The fourth-order valence-electron chi connectivity index (χ4n) is 5.59. The monoisotopic (exact) mass is 495 g/mol. The van der Waals surface area contributed by atoms with Crippen LogP contribution in [0.4, 0.5) is 14.6 Å². The average Bonchev–Trinajstić information content (AvgIpc) is 2.87. The Kier molecular flexibility index (Phi) is 9.48. The van der Waals surface area contributed by atoms with Crippen molar-refractivity contribution in [3.8, 4) is 5.75 Å². The molecule has 0 unspecified atom stereocenters. The van der Waals surface area contributed by atoms with Crippen molar-refractivity contribution in [2.45, 2.75) is 77.2 Å². The zero-order chi connectivity index (χ0) is 25.3. The highest BCUT2D eigenvalue weighted by Crippen LogP contribution is 2.35. The van der Waals surface area contributed by atoms with Crippen LogP contribution in [0.15, 0.2) is 48.5 Å². The largest absolute Gasteiger partial charge is 0.435 e. The van der Waals surface area contributed by atoms with E-state index in [0.717, 1.165) is 72.0 Å². The summed E-state index contributed by atoms with van der Waals surface area (Å²) in [4.78, 5) is 11.7. The quantitative estimate of drug-likeness (QED) is 0.240. The van der Waals surface area contributed by atoms with Gasteiger partial charge in [-0.25, -0.2) is 9.97 Å². The van der Waals surface area contributed by atoms with Gasteiger partial charge in [-0.05, 0) is 54.9 Å². The topological polar surface area (TPSA) is 38.2 Å². The van der Waals surface area contributed by atoms with E-state index in [1.54, 1.807) is 12.1 Å². The lowest BCUT2D eigenvalue weighted by Crippen LogP contribution is -2.15. The van der Waals surface area contributed by atoms with Crippen molar-refractivity contribution in [1.82, 2.24) is 9.97 Å². The fraction of sp³-hybridized carbons (Fsp3) is 0.533. The Bertz CT molecular complexity index is 1100. The summed E-state index contributed by atoms with van der Waals surface area (Å²) in [7, 11) is 4.08. The first-order valence-electron chi connectivity index (χ1n) is 13.5. The lowest BCUT2D eigenvalue weighted by Gasteiger charge is -2.28. The standard InChI is InChI=1S/C30H39F2N3O/c1-35(2)29-25-14-6-7-15-26(25)33-28(34-29)17-9-11-23-20-18-22(19-21-23)10-3-4-12-24-13-5-8-16-27(24)36-30(31)32/h5-8,13-16,22-23,30H,3-4,9-12,17-21H2,1-2H3. The van der Waals surface area contributed by atoms with Crippen molar-refractivity contribution in [3.05, 3.63) is 59.9 Å². The maximum atomic E-state index is 12.6. The van der Waals surface area contributed by atoms with E-state index < -0.39 is 6.61 Å². The fourth-order valence-corrected chi connectivity index (χ4v) is 5.59. The van der Waals surface area contributed by atoms with Crippen LogP contribution < -0.4 is 9.64 Å². The second kappa shape index (κ2) is 13.0. The summed E-state index contributed by atoms with van der Waals surface area (Å²) in [6.45, 7) is -2.77. The van der Waals surface area contributed by atoms with Crippen LogP contribution in [0.1, 0.15) is 69.2 Å². The molecule has 36 heavy (non-hydrogen) atoms. The van der Waals surface area contributed by atoms with Crippen LogP contribution in [-0.4, -0.2) is 30.7 Å². The molecule has 2 aromatic carbocycles. The Balaban J connectivity index is 1.15. The van der Waals surface area contributed by atoms with Crippen molar-refractivity contribution in [2.24, 2.45) is 11.8 Å². The molecule has 1 saturated carbocycles. The normalized spacial score (nSPS) is 18.0. The van der Waals surface area contributed by atoms with Gasteiger partial charge in [0, 0.05) is 25.9 Å². The third kappa shape index (κ3) is 7.37. The Morgan fingerprint density at radius 3 is 2.22 bits per heavy atom. The van der Waals surface area contributed by atoms with Gasteiger partial charge in [0.25, 0.3) is 0 Å². The van der Waals surface area contributed by atoms with Crippen LogP contribution >= 0.6 is 0 Å². The summed E-state index contributed by atoms with van der Waals surface area (Å²) < 4.78 is 29.9. The van der Waals surface area contributed by atoms with Gasteiger partial charge in [0.15, 0.2) is 0 Å². The lowest BCUT2D eigenvalue weighted by molar-refractivity contribution is -0.0504. The number of hydrogen-bond acceptors (Lipinski definition) is 4. The molecule has 1 aliphatic carbocycles. The van der Waals surface area contributed by atoms with Gasteiger partial charge in [-0.15, -0.1) is 0 Å². The highest BCUT2D eigenvalue weighted by Gasteiger charge is 2.21. The molecule has 1 aliphatic rings. The Hall–Kier alpha value is -2.76. The zero-order valence-electron chi connectivity index (χ0n) is 21.6. The van der Waals surface area contributed by atoms with Gasteiger partial charge in [0.1, 0.15) is 17.4 Å². The summed E-state index contributed by atoms with van der Waals surface area (Å²) in [6, 6.07) is 15.4. The number of unbranched alkanes of at least 4 members (excludes halogenated alkanes) is 1. The molecule has 0 aliphatic heterocycles. The SMILES string of the molecule is CN(C)c1nc(CCCC2CCC(CCCCc3ccccc3OC(F)F)CC2)nc2ccccc12. The average molecular weight is 496 g/mol. The van der Waals surface area contributed by atoms with Gasteiger partial charge in [-0.2, -0.15) is 8.78 Å². The molecule has 0 spiro atoms. The summed E-state index contributed by atoms with van der Waals surface area (Å²) in [5, 5.41) is 1.11. The number of aromatic nitrogens is 2. The first kappa shape index (κ1) is 26.3. The molecule has 0 atom stereocenters. The number of nitrogens with zero attached hydrogens (tertiary/aromatic N) is 3. The van der Waals surface area contributed by atoms with E-state index in [-0.39, 0.29) is 0 Å². The van der Waals surface area contributed by atoms with E-state index >= 15 is 0 Å². The van der Waals surface area contributed by atoms with Crippen LogP contribution in [0.3, 0.4) is 0 Å². The van der Waals surface area contributed by atoms with Crippen LogP contribution in [0.5, 0.6) is 5.75 Å². The number of fused-ring (bicyclic) bond motifs is 1. The van der Waals surface area contributed by atoms with Gasteiger partial charge in [0.2, 0.25) is 0 Å². The molecule has 6 heteroatoms. The van der Waals surface area contributed by atoms with E-state index in [2.05, 4.69) is 21.8 Å². The predicted octanol–water partition coefficient (Wildman–Crippen LogP) is 7.84. The maximum absolute atomic E-state index is 12.6. The lowest BCUT2D eigenvalue weighted by atomic mass is 9.78. The van der Waals surface area contributed by atoms with Gasteiger partial charge in [-0.1, -0.05) is 75.3 Å². The number of halogens is 2. The minimum absolute atomic E-state index is 0.319. The zero-order valence-corrected chi connectivity index (χ0v) is 21.6. The van der Waals surface area contributed by atoms with Gasteiger partial charge in [-0.3, -0.25) is 0 Å². The van der Waals surface area contributed by atoms with Crippen LogP contribution in [-0.2, 0) is 12.8 Å². The van der Waals surface area contributed by atoms with Gasteiger partial charge >= 0.3 is 6.61 Å². The first-order chi connectivity index (χ1) is 17.5. The molecule has 0 radical (unpaired) electrons. The summed E-state index contributed by atoms with van der Waals surface area (Å²) >= 11 is 0. The third-order valence-electron chi connectivity index (χ3n) is 7.53. The number of aryl methyl sites for hydroxylation is 2. The Morgan fingerprint density at radius 1 is 0.833 bits per heavy atom. The van der Waals surface area contributed by atoms with E-state index in [1.807, 2.05) is 38.4 Å². The van der Waals surface area contributed by atoms with E-state index in [9.17, 15) is 8.78 Å². The van der Waals surface area contributed by atoms with Crippen LogP contribution in [0.25, 0.3) is 10.9 Å². The molecule has 3 aromatic rings. The molecule has 0 N–H and O–H groups in total. The second-order valence-corrected chi connectivity index (χ2v) is 10.4. The number of rotatable bonds is 12. The molecule has 0 bridgehead atoms. The number of alkyl halides is 2. The molecule has 1 heterocycles. The number of para-hydroxylation sites is 2. The number of anilines is 1. The van der Waals surface area contributed by atoms with E-state index in [4.69, 9.17) is 9.97 Å². The second-order valence-electron chi connectivity index (χ2n) is 10.4. The smallest absolute Gasteiger partial charge is 0.387 e. The molecular formula is C30H39F2N3O. The van der Waals surface area contributed by atoms with Crippen molar-refractivity contribution >= 4 is 16.7 Å². The van der Waals surface area contributed by atoms with Crippen molar-refractivity contribution in [1.29, 1.82) is 0 Å². The molecule has 4 rings (SSSR count). The van der Waals surface area contributed by atoms with Crippen LogP contribution in [0, 0.1) is 11.8 Å².